The average molecular weight is 485 g/mol. The molecule has 0 spiro atoms. The molecule has 0 radical (unpaired) electrons. The molecule has 0 amide bonds. The van der Waals surface area contributed by atoms with E-state index in [-0.39, 0.29) is 0 Å². The van der Waals surface area contributed by atoms with Crippen molar-refractivity contribution in [1.82, 2.24) is 0 Å². The van der Waals surface area contributed by atoms with E-state index in [1.807, 2.05) is 24.3 Å². The fourth-order valence-electron chi connectivity index (χ4n) is 5.14. The quantitative estimate of drug-likeness (QED) is 0.362. The summed E-state index contributed by atoms with van der Waals surface area (Å²) < 4.78 is 0. The molecule has 1 N–H and O–H groups in total. The molecule has 0 atom stereocenters. The molecule has 3 heteroatoms. The Labute approximate surface area is 214 Å². The Bertz CT molecular complexity index is 1300. The highest BCUT2D eigenvalue weighted by molar-refractivity contribution is 6.30. The number of hydrogen-bond donors (Lipinski definition) is 1. The van der Waals surface area contributed by atoms with Crippen LogP contribution in [-0.4, -0.2) is 11.1 Å². The molecular formula is C32H33ClO2. The van der Waals surface area contributed by atoms with E-state index in [4.69, 9.17) is 11.6 Å². The summed E-state index contributed by atoms with van der Waals surface area (Å²) in [5.74, 6) is -0.883. The number of carbonyl (C=O) groups is 1. The molecular weight excluding hydrogens is 452 g/mol. The number of halogens is 1. The third kappa shape index (κ3) is 5.60. The van der Waals surface area contributed by atoms with Crippen molar-refractivity contribution in [3.63, 3.8) is 0 Å². The number of hydrogen-bond acceptors (Lipinski definition) is 1. The summed E-state index contributed by atoms with van der Waals surface area (Å²) in [6.45, 7) is 6.55. The van der Waals surface area contributed by atoms with Crippen molar-refractivity contribution in [3.8, 4) is 0 Å². The van der Waals surface area contributed by atoms with Crippen LogP contribution < -0.4 is 0 Å². The van der Waals surface area contributed by atoms with Gasteiger partial charge in [0.25, 0.3) is 0 Å². The van der Waals surface area contributed by atoms with E-state index >= 15 is 0 Å². The van der Waals surface area contributed by atoms with Crippen LogP contribution in [-0.2, 0) is 6.42 Å². The van der Waals surface area contributed by atoms with Crippen LogP contribution in [0.1, 0.15) is 89.7 Å². The van der Waals surface area contributed by atoms with Gasteiger partial charge in [-0.1, -0.05) is 79.9 Å². The number of carboxylic acids is 1. The summed E-state index contributed by atoms with van der Waals surface area (Å²) in [4.78, 5) is 11.7. The van der Waals surface area contributed by atoms with E-state index in [9.17, 15) is 9.90 Å². The molecule has 4 rings (SSSR count). The van der Waals surface area contributed by atoms with Crippen LogP contribution in [0.4, 0.5) is 0 Å². The molecule has 0 bridgehead atoms. The predicted octanol–water partition coefficient (Wildman–Crippen LogP) is 9.24. The molecule has 3 aromatic carbocycles. The van der Waals surface area contributed by atoms with E-state index in [0.717, 1.165) is 65.8 Å². The number of allylic oxidation sites excluding steroid dienone is 2. The van der Waals surface area contributed by atoms with E-state index in [1.54, 1.807) is 6.07 Å². The Kier molecular flexibility index (Phi) is 7.93. The van der Waals surface area contributed by atoms with Crippen molar-refractivity contribution in [2.45, 2.75) is 59.3 Å². The average Bonchev–Trinajstić information content (AvgIpc) is 3.03. The Morgan fingerprint density at radius 3 is 2.37 bits per heavy atom. The molecule has 0 aromatic heterocycles. The van der Waals surface area contributed by atoms with E-state index in [0.29, 0.717) is 5.56 Å². The minimum atomic E-state index is -0.883. The second kappa shape index (κ2) is 11.1. The lowest BCUT2D eigenvalue weighted by Crippen LogP contribution is -2.01. The van der Waals surface area contributed by atoms with Crippen LogP contribution in [0.25, 0.3) is 17.2 Å². The zero-order valence-electron chi connectivity index (χ0n) is 20.8. The predicted molar refractivity (Wildman–Crippen MR) is 148 cm³/mol. The minimum Gasteiger partial charge on any atom is -0.478 e. The summed E-state index contributed by atoms with van der Waals surface area (Å²) in [7, 11) is 0. The lowest BCUT2D eigenvalue weighted by molar-refractivity contribution is 0.0696. The van der Waals surface area contributed by atoms with Gasteiger partial charge in [0.05, 0.1) is 5.56 Å². The lowest BCUT2D eigenvalue weighted by atomic mass is 9.86. The Balaban J connectivity index is 1.90. The lowest BCUT2D eigenvalue weighted by Gasteiger charge is -2.18. The first-order valence-corrected chi connectivity index (χ1v) is 12.9. The van der Waals surface area contributed by atoms with E-state index in [1.165, 1.54) is 27.8 Å². The Morgan fingerprint density at radius 1 is 0.971 bits per heavy atom. The van der Waals surface area contributed by atoms with E-state index in [2.05, 4.69) is 57.2 Å². The first-order valence-electron chi connectivity index (χ1n) is 12.6. The van der Waals surface area contributed by atoms with Gasteiger partial charge in [0.1, 0.15) is 0 Å². The molecule has 3 aromatic rings. The van der Waals surface area contributed by atoms with Crippen molar-refractivity contribution < 1.29 is 9.90 Å². The molecule has 0 unspecified atom stereocenters. The largest absolute Gasteiger partial charge is 0.478 e. The van der Waals surface area contributed by atoms with Crippen molar-refractivity contribution in [2.75, 3.05) is 0 Å². The van der Waals surface area contributed by atoms with Gasteiger partial charge in [-0.2, -0.15) is 0 Å². The first-order chi connectivity index (χ1) is 16.9. The summed E-state index contributed by atoms with van der Waals surface area (Å²) in [5.41, 5.74) is 11.3. The number of aromatic carboxylic acids is 1. The van der Waals surface area contributed by atoms with Crippen LogP contribution in [0.3, 0.4) is 0 Å². The summed E-state index contributed by atoms with van der Waals surface area (Å²) in [6.07, 6.45) is 8.41. The molecule has 180 valence electrons. The van der Waals surface area contributed by atoms with Gasteiger partial charge in [0.15, 0.2) is 0 Å². The van der Waals surface area contributed by atoms with Crippen LogP contribution in [0.5, 0.6) is 0 Å². The van der Waals surface area contributed by atoms with Gasteiger partial charge < -0.3 is 5.11 Å². The zero-order chi connectivity index (χ0) is 24.9. The Morgan fingerprint density at radius 2 is 1.71 bits per heavy atom. The maximum atomic E-state index is 11.7. The highest BCUT2D eigenvalue weighted by atomic mass is 35.5. The number of fused-ring (bicyclic) bond motifs is 1. The second-order valence-electron chi connectivity index (χ2n) is 9.37. The van der Waals surface area contributed by atoms with Crippen LogP contribution in [0.2, 0.25) is 5.02 Å². The van der Waals surface area contributed by atoms with Crippen molar-refractivity contribution >= 4 is 34.8 Å². The monoisotopic (exact) mass is 484 g/mol. The van der Waals surface area contributed by atoms with Gasteiger partial charge in [0, 0.05) is 5.02 Å². The number of benzene rings is 3. The molecule has 0 saturated heterocycles. The molecule has 35 heavy (non-hydrogen) atoms. The third-order valence-electron chi connectivity index (χ3n) is 6.91. The van der Waals surface area contributed by atoms with Gasteiger partial charge in [-0.3, -0.25) is 0 Å². The fraction of sp³-hybridized carbons (Fsp3) is 0.281. The van der Waals surface area contributed by atoms with Crippen molar-refractivity contribution in [2.24, 2.45) is 0 Å². The first kappa shape index (κ1) is 25.0. The topological polar surface area (TPSA) is 37.3 Å². The van der Waals surface area contributed by atoms with Gasteiger partial charge in [-0.25, -0.2) is 4.79 Å². The van der Waals surface area contributed by atoms with Crippen LogP contribution in [0.15, 0.2) is 66.2 Å². The number of aryl methyl sites for hydroxylation is 2. The number of carboxylic acid groups (broad SMARTS) is 1. The summed E-state index contributed by atoms with van der Waals surface area (Å²) >= 11 is 6.29. The van der Waals surface area contributed by atoms with Crippen LogP contribution >= 0.6 is 11.6 Å². The third-order valence-corrected chi connectivity index (χ3v) is 7.14. The van der Waals surface area contributed by atoms with Crippen LogP contribution in [0, 0.1) is 6.92 Å². The molecule has 0 aliphatic heterocycles. The fourth-order valence-corrected chi connectivity index (χ4v) is 5.37. The van der Waals surface area contributed by atoms with Gasteiger partial charge >= 0.3 is 5.97 Å². The Hall–Kier alpha value is -3.10. The SMILES string of the molecule is CCC/C(=C/c1ccc(C2=C(c3ccc(Cl)cc3C)CCCc3cc(C(=O)O)ccc32)cc1)CC. The zero-order valence-corrected chi connectivity index (χ0v) is 21.6. The molecule has 1 aliphatic carbocycles. The maximum Gasteiger partial charge on any atom is 0.335 e. The molecule has 0 heterocycles. The standard InChI is InChI=1S/C32H33ClO2/c1-4-7-22(5-2)19-23-10-12-24(13-11-23)31-29-16-14-26(32(34)35)20-25(29)8-6-9-30(31)28-17-15-27(33)18-21(28)3/h10-20H,4-9H2,1-3H3,(H,34,35)/b22-19+. The molecule has 0 saturated carbocycles. The second-order valence-corrected chi connectivity index (χ2v) is 9.81. The maximum absolute atomic E-state index is 11.7. The minimum absolute atomic E-state index is 0.345. The van der Waals surface area contributed by atoms with Gasteiger partial charge in [-0.15, -0.1) is 0 Å². The smallest absolute Gasteiger partial charge is 0.335 e. The van der Waals surface area contributed by atoms with E-state index < -0.39 is 5.97 Å². The number of rotatable bonds is 7. The highest BCUT2D eigenvalue weighted by Gasteiger charge is 2.22. The molecule has 0 fully saturated rings. The van der Waals surface area contributed by atoms with Crippen molar-refractivity contribution in [1.29, 1.82) is 0 Å². The molecule has 2 nitrogen and oxygen atoms in total. The summed E-state index contributed by atoms with van der Waals surface area (Å²) in [6, 6.07) is 20.5. The van der Waals surface area contributed by atoms with Gasteiger partial charge in [-0.05, 0) is 108 Å². The normalized spacial score (nSPS) is 14.0. The molecule has 1 aliphatic rings. The van der Waals surface area contributed by atoms with Gasteiger partial charge in [0.2, 0.25) is 0 Å². The summed E-state index contributed by atoms with van der Waals surface area (Å²) in [5, 5.41) is 10.3. The highest BCUT2D eigenvalue weighted by Crippen LogP contribution is 2.41. The van der Waals surface area contributed by atoms with Crippen molar-refractivity contribution in [3.05, 3.63) is 110 Å².